The molecule has 1 N–H and O–H groups in total. The van der Waals surface area contributed by atoms with E-state index in [-0.39, 0.29) is 0 Å². The van der Waals surface area contributed by atoms with Crippen LogP contribution in [0.25, 0.3) is 0 Å². The van der Waals surface area contributed by atoms with Crippen molar-refractivity contribution in [2.75, 3.05) is 6.26 Å². The molecule has 0 saturated carbocycles. The van der Waals surface area contributed by atoms with Crippen LogP contribution in [0.2, 0.25) is 0 Å². The number of sulfonamides is 1. The van der Waals surface area contributed by atoms with Gasteiger partial charge in [-0.25, -0.2) is 8.42 Å². The van der Waals surface area contributed by atoms with Gasteiger partial charge in [0.15, 0.2) is 0 Å². The summed E-state index contributed by atoms with van der Waals surface area (Å²) in [5.74, 6) is 0. The highest BCUT2D eigenvalue weighted by Gasteiger charge is 1.95. The molecule has 48 valence electrons. The fourth-order valence-corrected chi connectivity index (χ4v) is 0.454. The van der Waals surface area contributed by atoms with Crippen LogP contribution >= 0.6 is 0 Å². The summed E-state index contributed by atoms with van der Waals surface area (Å²) >= 11 is 0. The molecule has 0 aliphatic heterocycles. The van der Waals surface area contributed by atoms with Gasteiger partial charge in [-0.3, -0.25) is 4.72 Å². The van der Waals surface area contributed by atoms with Crippen LogP contribution in [0.1, 0.15) is 0 Å². The van der Waals surface area contributed by atoms with Crippen molar-refractivity contribution in [1.82, 2.24) is 4.72 Å². The zero-order valence-corrected chi connectivity index (χ0v) is 4.86. The fraction of sp³-hybridized carbons (Fsp3) is 0.500. The third-order valence-corrected chi connectivity index (χ3v) is 0.806. The van der Waals surface area contributed by atoms with Crippen LogP contribution in [0.5, 0.6) is 0 Å². The van der Waals surface area contributed by atoms with Gasteiger partial charge in [0, 0.05) is 0 Å². The number of hydrogen-bond acceptors (Lipinski definition) is 4. The van der Waals surface area contributed by atoms with Crippen molar-refractivity contribution in [3.8, 4) is 0 Å². The van der Waals surface area contributed by atoms with Crippen LogP contribution in [0.3, 0.4) is 0 Å². The standard InChI is InChI=1S/C2H5NO4S/c1-8(6,7)3-2(4)5/h3H,1H3,(H,4,5)/p-1. The van der Waals surface area contributed by atoms with Gasteiger partial charge in [-0.2, -0.15) is 0 Å². The van der Waals surface area contributed by atoms with E-state index in [0.717, 1.165) is 11.0 Å². The molecular weight excluding hydrogens is 134 g/mol. The van der Waals surface area contributed by atoms with Crippen LogP contribution in [-0.2, 0) is 10.0 Å². The summed E-state index contributed by atoms with van der Waals surface area (Å²) in [5, 5.41) is 9.41. The zero-order chi connectivity index (χ0) is 6.78. The average molecular weight is 138 g/mol. The van der Waals surface area contributed by atoms with Gasteiger partial charge in [0.1, 0.15) is 6.09 Å². The Morgan fingerprint density at radius 1 is 1.62 bits per heavy atom. The first-order valence-corrected chi connectivity index (χ1v) is 3.50. The molecule has 0 bridgehead atoms. The lowest BCUT2D eigenvalue weighted by atomic mass is 11.3. The number of nitrogens with one attached hydrogen (secondary N) is 1. The molecule has 0 saturated heterocycles. The smallest absolute Gasteiger partial charge is 0.230 e. The summed E-state index contributed by atoms with van der Waals surface area (Å²) in [5.41, 5.74) is 0. The minimum absolute atomic E-state index is 0.725. The molecule has 8 heavy (non-hydrogen) atoms. The maximum absolute atomic E-state index is 9.91. The molecular formula is C2H4NO4S-. The Morgan fingerprint density at radius 3 is 2.00 bits per heavy atom. The first kappa shape index (κ1) is 7.22. The molecule has 6 heteroatoms. The molecule has 0 heterocycles. The second kappa shape index (κ2) is 1.99. The van der Waals surface area contributed by atoms with E-state index in [1.165, 1.54) is 0 Å². The largest absolute Gasteiger partial charge is 0.529 e. The van der Waals surface area contributed by atoms with Gasteiger partial charge in [-0.05, 0) is 0 Å². The summed E-state index contributed by atoms with van der Waals surface area (Å²) in [4.78, 5) is 9.41. The fourth-order valence-electron chi connectivity index (χ4n) is 0.151. The molecule has 0 aromatic heterocycles. The predicted molar refractivity (Wildman–Crippen MR) is 23.4 cm³/mol. The lowest BCUT2D eigenvalue weighted by Gasteiger charge is -2.00. The van der Waals surface area contributed by atoms with Gasteiger partial charge in [0.25, 0.3) is 0 Å². The molecule has 0 fully saturated rings. The van der Waals surface area contributed by atoms with E-state index in [1.807, 2.05) is 0 Å². The minimum Gasteiger partial charge on any atom is -0.529 e. The number of hydrogen-bond donors (Lipinski definition) is 1. The van der Waals surface area contributed by atoms with Crippen LogP contribution < -0.4 is 9.83 Å². The SMILES string of the molecule is CS(=O)(=O)NC(=O)[O-]. The van der Waals surface area contributed by atoms with E-state index in [4.69, 9.17) is 0 Å². The summed E-state index contributed by atoms with van der Waals surface area (Å²) in [6.45, 7) is 0. The number of carbonyl (C=O) groups excluding carboxylic acids is 1. The van der Waals surface area contributed by atoms with Gasteiger partial charge < -0.3 is 9.90 Å². The van der Waals surface area contributed by atoms with E-state index in [0.29, 0.717) is 0 Å². The molecule has 0 aliphatic rings. The lowest BCUT2D eigenvalue weighted by Crippen LogP contribution is -2.39. The molecule has 0 atom stereocenters. The van der Waals surface area contributed by atoms with E-state index in [9.17, 15) is 18.3 Å². The van der Waals surface area contributed by atoms with Crippen LogP contribution in [-0.4, -0.2) is 20.8 Å². The molecule has 0 aliphatic carbocycles. The average Bonchev–Trinajstić information content (AvgIpc) is 1.21. The molecule has 0 unspecified atom stereocenters. The second-order valence-corrected chi connectivity index (χ2v) is 2.91. The Hall–Kier alpha value is -0.780. The minimum atomic E-state index is -3.64. The van der Waals surface area contributed by atoms with Crippen molar-refractivity contribution >= 4 is 16.1 Å². The van der Waals surface area contributed by atoms with Crippen molar-refractivity contribution in [1.29, 1.82) is 0 Å². The molecule has 1 amide bonds. The number of amides is 1. The van der Waals surface area contributed by atoms with Crippen LogP contribution in [0.4, 0.5) is 4.79 Å². The van der Waals surface area contributed by atoms with E-state index < -0.39 is 16.1 Å². The van der Waals surface area contributed by atoms with Crippen LogP contribution in [0, 0.1) is 0 Å². The summed E-state index contributed by atoms with van der Waals surface area (Å²) < 4.78 is 21.0. The van der Waals surface area contributed by atoms with Gasteiger partial charge in [0.2, 0.25) is 10.0 Å². The first-order valence-electron chi connectivity index (χ1n) is 1.60. The monoisotopic (exact) mass is 138 g/mol. The Balaban J connectivity index is 3.95. The molecule has 0 aromatic carbocycles. The molecule has 0 radical (unpaired) electrons. The highest BCUT2D eigenvalue weighted by Crippen LogP contribution is 1.68. The van der Waals surface area contributed by atoms with Gasteiger partial charge in [-0.1, -0.05) is 0 Å². The van der Waals surface area contributed by atoms with Crippen molar-refractivity contribution in [2.45, 2.75) is 0 Å². The molecule has 5 nitrogen and oxygen atoms in total. The van der Waals surface area contributed by atoms with E-state index in [1.54, 1.807) is 0 Å². The zero-order valence-electron chi connectivity index (χ0n) is 4.04. The highest BCUT2D eigenvalue weighted by atomic mass is 32.2. The Labute approximate surface area is 46.4 Å². The predicted octanol–water partition coefficient (Wildman–Crippen LogP) is -2.12. The van der Waals surface area contributed by atoms with Crippen molar-refractivity contribution in [2.24, 2.45) is 0 Å². The molecule has 0 aromatic rings. The Morgan fingerprint density at radius 2 is 2.00 bits per heavy atom. The highest BCUT2D eigenvalue weighted by molar-refractivity contribution is 7.89. The lowest BCUT2D eigenvalue weighted by molar-refractivity contribution is -0.247. The first-order chi connectivity index (χ1) is 3.42. The summed E-state index contributed by atoms with van der Waals surface area (Å²) in [6, 6.07) is 0. The van der Waals surface area contributed by atoms with E-state index >= 15 is 0 Å². The number of carboxylic acid groups (broad SMARTS) is 1. The maximum Gasteiger partial charge on any atom is 0.230 e. The normalized spacial score (nSPS) is 10.6. The van der Waals surface area contributed by atoms with Gasteiger partial charge >= 0.3 is 0 Å². The quantitative estimate of drug-likeness (QED) is 0.448. The van der Waals surface area contributed by atoms with Crippen molar-refractivity contribution < 1.29 is 18.3 Å². The maximum atomic E-state index is 9.91. The summed E-state index contributed by atoms with van der Waals surface area (Å²) in [7, 11) is -3.64. The molecule has 0 rings (SSSR count). The third kappa shape index (κ3) is 5.22. The van der Waals surface area contributed by atoms with Crippen molar-refractivity contribution in [3.05, 3.63) is 0 Å². The Kier molecular flexibility index (Phi) is 1.80. The van der Waals surface area contributed by atoms with Gasteiger partial charge in [-0.15, -0.1) is 0 Å². The number of rotatable bonds is 1. The Bertz CT molecular complexity index is 180. The topological polar surface area (TPSA) is 86.3 Å². The van der Waals surface area contributed by atoms with Crippen LogP contribution in [0.15, 0.2) is 0 Å². The van der Waals surface area contributed by atoms with Gasteiger partial charge in [0.05, 0.1) is 6.26 Å². The van der Waals surface area contributed by atoms with Crippen molar-refractivity contribution in [3.63, 3.8) is 0 Å². The molecule has 0 spiro atoms. The van der Waals surface area contributed by atoms with E-state index in [2.05, 4.69) is 0 Å². The number of carbonyl (C=O) groups is 1. The summed E-state index contributed by atoms with van der Waals surface area (Å²) in [6.07, 6.45) is -1.09. The second-order valence-electron chi connectivity index (χ2n) is 1.16. The third-order valence-electron chi connectivity index (χ3n) is 0.269.